The van der Waals surface area contributed by atoms with E-state index in [2.05, 4.69) is 0 Å². The van der Waals surface area contributed by atoms with Crippen LogP contribution in [0, 0.1) is 5.92 Å². The van der Waals surface area contributed by atoms with E-state index in [0.29, 0.717) is 25.7 Å². The van der Waals surface area contributed by atoms with Crippen LogP contribution >= 0.6 is 0 Å². The van der Waals surface area contributed by atoms with Crippen LogP contribution in [0.15, 0.2) is 0 Å². The van der Waals surface area contributed by atoms with Gasteiger partial charge in [0.25, 0.3) is 10.2 Å². The lowest BCUT2D eigenvalue weighted by atomic mass is 10.0. The maximum absolute atomic E-state index is 12.1. The minimum absolute atomic E-state index is 0.0181. The second-order valence-corrected chi connectivity index (χ2v) is 6.95. The van der Waals surface area contributed by atoms with Crippen LogP contribution in [-0.4, -0.2) is 68.5 Å². The number of ether oxygens (including phenoxy) is 1. The Hall–Kier alpha value is -0.700. The fraction of sp³-hybridized carbons (Fsp3) is 0.909. The molecule has 0 amide bonds. The summed E-state index contributed by atoms with van der Waals surface area (Å²) in [5.74, 6) is -0.699. The van der Waals surface area contributed by atoms with Crippen molar-refractivity contribution in [2.75, 3.05) is 40.4 Å². The summed E-state index contributed by atoms with van der Waals surface area (Å²) in [6.45, 7) is 1.78. The molecule has 0 spiro atoms. The number of hydrogen-bond acceptors (Lipinski definition) is 4. The number of carboxylic acids is 1. The van der Waals surface area contributed by atoms with Crippen molar-refractivity contribution in [3.8, 4) is 0 Å². The number of hydrogen-bond donors (Lipinski definition) is 1. The van der Waals surface area contributed by atoms with Crippen molar-refractivity contribution in [2.24, 2.45) is 5.92 Å². The quantitative estimate of drug-likeness (QED) is 0.714. The summed E-state index contributed by atoms with van der Waals surface area (Å²) in [6, 6.07) is 0. The van der Waals surface area contributed by atoms with Gasteiger partial charge in [-0.1, -0.05) is 0 Å². The molecule has 7 nitrogen and oxygen atoms in total. The van der Waals surface area contributed by atoms with E-state index in [0.717, 1.165) is 17.1 Å². The van der Waals surface area contributed by atoms with Gasteiger partial charge in [-0.15, -0.1) is 0 Å². The molecule has 8 heteroatoms. The Morgan fingerprint density at radius 1 is 1.26 bits per heavy atom. The zero-order chi connectivity index (χ0) is 14.5. The number of nitrogens with zero attached hydrogens (tertiary/aromatic N) is 2. The van der Waals surface area contributed by atoms with Crippen molar-refractivity contribution < 1.29 is 23.1 Å². The number of rotatable bonds is 7. The molecule has 1 rings (SSSR count). The Balaban J connectivity index is 2.52. The molecule has 1 saturated heterocycles. The molecule has 0 unspecified atom stereocenters. The predicted molar refractivity (Wildman–Crippen MR) is 70.0 cm³/mol. The van der Waals surface area contributed by atoms with Crippen LogP contribution in [-0.2, 0) is 19.7 Å². The van der Waals surface area contributed by atoms with Gasteiger partial charge in [0.15, 0.2) is 0 Å². The highest BCUT2D eigenvalue weighted by molar-refractivity contribution is 7.86. The zero-order valence-electron chi connectivity index (χ0n) is 11.4. The molecule has 1 heterocycles. The van der Waals surface area contributed by atoms with Crippen molar-refractivity contribution in [1.82, 2.24) is 8.61 Å². The summed E-state index contributed by atoms with van der Waals surface area (Å²) in [5, 5.41) is 8.58. The third kappa shape index (κ3) is 5.06. The third-order valence-corrected chi connectivity index (χ3v) is 5.19. The lowest BCUT2D eigenvalue weighted by Crippen LogP contribution is -2.43. The number of carboxylic acid groups (broad SMARTS) is 1. The monoisotopic (exact) mass is 294 g/mol. The average Bonchev–Trinajstić information content (AvgIpc) is 2.36. The normalized spacial score (nSPS) is 18.1. The fourth-order valence-corrected chi connectivity index (χ4v) is 3.19. The number of carbonyl (C=O) groups is 1. The van der Waals surface area contributed by atoms with E-state index < -0.39 is 16.2 Å². The van der Waals surface area contributed by atoms with Gasteiger partial charge in [0.1, 0.15) is 0 Å². The summed E-state index contributed by atoms with van der Waals surface area (Å²) in [7, 11) is -0.640. The van der Waals surface area contributed by atoms with Crippen molar-refractivity contribution in [2.45, 2.75) is 19.3 Å². The lowest BCUT2D eigenvalue weighted by Gasteiger charge is -2.29. The van der Waals surface area contributed by atoms with Crippen LogP contribution in [0.25, 0.3) is 0 Å². The maximum atomic E-state index is 12.1. The highest BCUT2D eigenvalue weighted by Crippen LogP contribution is 2.17. The molecule has 0 atom stereocenters. The second kappa shape index (κ2) is 7.18. The molecular formula is C11H22N2O5S. The van der Waals surface area contributed by atoms with Crippen LogP contribution in [0.5, 0.6) is 0 Å². The molecule has 1 fully saturated rings. The Kier molecular flexibility index (Phi) is 6.18. The molecule has 0 bridgehead atoms. The van der Waals surface area contributed by atoms with E-state index >= 15 is 0 Å². The molecule has 1 aliphatic rings. The van der Waals surface area contributed by atoms with Gasteiger partial charge < -0.3 is 9.84 Å². The molecule has 0 aromatic rings. The highest BCUT2D eigenvalue weighted by Gasteiger charge is 2.27. The van der Waals surface area contributed by atoms with Crippen molar-refractivity contribution >= 4 is 16.2 Å². The standard InChI is InChI=1S/C11H22N2O5S/c1-12(6-3-11(14)15)19(16,17)13(2)9-10-4-7-18-8-5-10/h10H,3-9H2,1-2H3,(H,14,15). The molecule has 1 aliphatic heterocycles. The van der Waals surface area contributed by atoms with Gasteiger partial charge in [0.05, 0.1) is 6.42 Å². The van der Waals surface area contributed by atoms with Crippen LogP contribution in [0.4, 0.5) is 0 Å². The fourth-order valence-electron chi connectivity index (χ4n) is 1.99. The summed E-state index contributed by atoms with van der Waals surface area (Å²) < 4.78 is 31.9. The molecule has 0 saturated carbocycles. The Labute approximate surface area is 114 Å². The molecule has 0 radical (unpaired) electrons. The van der Waals surface area contributed by atoms with Crippen molar-refractivity contribution in [3.63, 3.8) is 0 Å². The SMILES string of the molecule is CN(CCC(=O)O)S(=O)(=O)N(C)CC1CCOCC1. The van der Waals surface area contributed by atoms with E-state index in [4.69, 9.17) is 9.84 Å². The molecule has 1 N–H and O–H groups in total. The maximum Gasteiger partial charge on any atom is 0.304 e. The summed E-state index contributed by atoms with van der Waals surface area (Å²) >= 11 is 0. The van der Waals surface area contributed by atoms with Gasteiger partial charge in [-0.3, -0.25) is 4.79 Å². The number of aliphatic carboxylic acids is 1. The molecular weight excluding hydrogens is 272 g/mol. The van der Waals surface area contributed by atoms with Crippen LogP contribution in [0.1, 0.15) is 19.3 Å². The van der Waals surface area contributed by atoms with Crippen LogP contribution in [0.2, 0.25) is 0 Å². The van der Waals surface area contributed by atoms with Gasteiger partial charge in [-0.2, -0.15) is 17.0 Å². The minimum atomic E-state index is -3.57. The summed E-state index contributed by atoms with van der Waals surface area (Å²) in [5.41, 5.74) is 0. The molecule has 0 aromatic carbocycles. The summed E-state index contributed by atoms with van der Waals surface area (Å²) in [6.07, 6.45) is 1.53. The molecule has 19 heavy (non-hydrogen) atoms. The first-order valence-electron chi connectivity index (χ1n) is 6.31. The van der Waals surface area contributed by atoms with Gasteiger partial charge in [0, 0.05) is 40.4 Å². The lowest BCUT2D eigenvalue weighted by molar-refractivity contribution is -0.137. The van der Waals surface area contributed by atoms with Crippen LogP contribution < -0.4 is 0 Å². The largest absolute Gasteiger partial charge is 0.481 e. The zero-order valence-corrected chi connectivity index (χ0v) is 12.2. The first kappa shape index (κ1) is 16.4. The summed E-state index contributed by atoms with van der Waals surface area (Å²) in [4.78, 5) is 10.5. The smallest absolute Gasteiger partial charge is 0.304 e. The van der Waals surface area contributed by atoms with Crippen molar-refractivity contribution in [1.29, 1.82) is 0 Å². The Morgan fingerprint density at radius 2 is 1.84 bits per heavy atom. The van der Waals surface area contributed by atoms with Gasteiger partial charge in [-0.05, 0) is 18.8 Å². The first-order valence-corrected chi connectivity index (χ1v) is 7.71. The highest BCUT2D eigenvalue weighted by atomic mass is 32.2. The minimum Gasteiger partial charge on any atom is -0.481 e. The third-order valence-electron chi connectivity index (χ3n) is 3.28. The first-order chi connectivity index (χ1) is 8.84. The van der Waals surface area contributed by atoms with E-state index in [-0.39, 0.29) is 13.0 Å². The van der Waals surface area contributed by atoms with E-state index in [1.54, 1.807) is 0 Å². The Morgan fingerprint density at radius 3 is 2.37 bits per heavy atom. The van der Waals surface area contributed by atoms with E-state index in [1.165, 1.54) is 18.4 Å². The second-order valence-electron chi connectivity index (χ2n) is 4.81. The van der Waals surface area contributed by atoms with Crippen molar-refractivity contribution in [3.05, 3.63) is 0 Å². The topological polar surface area (TPSA) is 87.2 Å². The average molecular weight is 294 g/mol. The van der Waals surface area contributed by atoms with E-state index in [9.17, 15) is 13.2 Å². The Bertz CT molecular complexity index is 392. The molecule has 0 aromatic heterocycles. The molecule has 0 aliphatic carbocycles. The van der Waals surface area contributed by atoms with Crippen LogP contribution in [0.3, 0.4) is 0 Å². The van der Waals surface area contributed by atoms with E-state index in [1.807, 2.05) is 0 Å². The predicted octanol–water partition coefficient (Wildman–Crippen LogP) is -0.00390. The molecule has 112 valence electrons. The van der Waals surface area contributed by atoms with Gasteiger partial charge >= 0.3 is 5.97 Å². The van der Waals surface area contributed by atoms with Gasteiger partial charge in [0.2, 0.25) is 0 Å². The van der Waals surface area contributed by atoms with Gasteiger partial charge in [-0.25, -0.2) is 0 Å².